The molecule has 0 fully saturated rings. The van der Waals surface area contributed by atoms with Gasteiger partial charge in [-0.15, -0.1) is 0 Å². The van der Waals surface area contributed by atoms with Gasteiger partial charge in [-0.3, -0.25) is 14.5 Å². The van der Waals surface area contributed by atoms with Crippen molar-refractivity contribution in [1.82, 2.24) is 4.90 Å². The molecule has 5 heteroatoms. The first-order valence-electron chi connectivity index (χ1n) is 10.1. The lowest BCUT2D eigenvalue weighted by atomic mass is 9.87. The minimum absolute atomic E-state index is 0.288. The van der Waals surface area contributed by atoms with Gasteiger partial charge < -0.3 is 10.6 Å². The van der Waals surface area contributed by atoms with Crippen LogP contribution in [0.2, 0.25) is 0 Å². The monoisotopic (exact) mass is 381 g/mol. The van der Waals surface area contributed by atoms with Gasteiger partial charge >= 0.3 is 0 Å². The molecule has 0 unspecified atom stereocenters. The van der Waals surface area contributed by atoms with Crippen molar-refractivity contribution in [2.75, 3.05) is 23.7 Å². The number of unbranched alkanes of at least 4 members (excludes halogenated alkanes) is 1. The van der Waals surface area contributed by atoms with Crippen LogP contribution in [0.4, 0.5) is 11.4 Å². The molecule has 2 aromatic carbocycles. The van der Waals surface area contributed by atoms with Crippen LogP contribution in [0.25, 0.3) is 0 Å². The highest BCUT2D eigenvalue weighted by Gasteiger charge is 2.49. The molecular formula is C23H31N3O2. The van der Waals surface area contributed by atoms with Gasteiger partial charge in [-0.2, -0.15) is 0 Å². The molecule has 0 aliphatic heterocycles. The number of likely N-dealkylation sites (N-methyl/N-ethyl adjacent to an activating group) is 1. The molecule has 28 heavy (non-hydrogen) atoms. The first kappa shape index (κ1) is 21.6. The Bertz CT molecular complexity index is 689. The minimum atomic E-state index is -1.27. The largest absolute Gasteiger partial charge is 0.324 e. The number of nitrogens with one attached hydrogen (secondary N) is 2. The van der Waals surface area contributed by atoms with Crippen LogP contribution in [-0.2, 0) is 9.59 Å². The molecule has 2 amide bonds. The van der Waals surface area contributed by atoms with Gasteiger partial charge in [0, 0.05) is 11.4 Å². The second-order valence-corrected chi connectivity index (χ2v) is 6.78. The first-order valence-corrected chi connectivity index (χ1v) is 10.1. The van der Waals surface area contributed by atoms with Gasteiger partial charge in [0.1, 0.15) is 0 Å². The topological polar surface area (TPSA) is 61.4 Å². The van der Waals surface area contributed by atoms with Crippen molar-refractivity contribution in [3.05, 3.63) is 60.7 Å². The molecule has 2 N–H and O–H groups in total. The fourth-order valence-corrected chi connectivity index (χ4v) is 3.48. The molecular weight excluding hydrogens is 350 g/mol. The molecule has 0 heterocycles. The number of hydrogen-bond donors (Lipinski definition) is 2. The predicted octanol–water partition coefficient (Wildman–Crippen LogP) is 4.53. The lowest BCUT2D eigenvalue weighted by Gasteiger charge is -2.40. The van der Waals surface area contributed by atoms with Crippen molar-refractivity contribution in [3.8, 4) is 0 Å². The number of amides is 2. The van der Waals surface area contributed by atoms with Crippen molar-refractivity contribution < 1.29 is 9.59 Å². The van der Waals surface area contributed by atoms with Gasteiger partial charge in [-0.05, 0) is 43.8 Å². The standard InChI is InChI=1S/C23H31N3O2/c1-4-7-18-23(26(5-2)6-3,21(27)24-19-14-10-8-11-15-19)22(28)25-20-16-12-9-13-17-20/h8-17H,4-7,18H2,1-3H3,(H,24,27)(H,25,28). The Morgan fingerprint density at radius 1 is 0.786 bits per heavy atom. The molecule has 150 valence electrons. The maximum absolute atomic E-state index is 13.5. The third kappa shape index (κ3) is 4.98. The molecule has 2 aromatic rings. The summed E-state index contributed by atoms with van der Waals surface area (Å²) in [4.78, 5) is 29.0. The quantitative estimate of drug-likeness (QED) is 0.594. The molecule has 0 bridgehead atoms. The number of nitrogens with zero attached hydrogens (tertiary/aromatic N) is 1. The highest BCUT2D eigenvalue weighted by Crippen LogP contribution is 2.27. The number of hydrogen-bond acceptors (Lipinski definition) is 3. The molecule has 0 radical (unpaired) electrons. The highest BCUT2D eigenvalue weighted by molar-refractivity contribution is 6.18. The summed E-state index contributed by atoms with van der Waals surface area (Å²) in [6.07, 6.45) is 2.14. The van der Waals surface area contributed by atoms with Crippen molar-refractivity contribution in [1.29, 1.82) is 0 Å². The minimum Gasteiger partial charge on any atom is -0.324 e. The number of benzene rings is 2. The van der Waals surface area contributed by atoms with E-state index >= 15 is 0 Å². The van der Waals surface area contributed by atoms with Crippen LogP contribution in [-0.4, -0.2) is 35.3 Å². The first-order chi connectivity index (χ1) is 13.6. The van der Waals surface area contributed by atoms with Gasteiger partial charge in [0.2, 0.25) is 0 Å². The van der Waals surface area contributed by atoms with E-state index in [4.69, 9.17) is 0 Å². The zero-order valence-electron chi connectivity index (χ0n) is 17.1. The number of rotatable bonds is 10. The van der Waals surface area contributed by atoms with Gasteiger partial charge in [-0.1, -0.05) is 70.0 Å². The van der Waals surface area contributed by atoms with Crippen molar-refractivity contribution in [3.63, 3.8) is 0 Å². The summed E-state index contributed by atoms with van der Waals surface area (Å²) in [5, 5.41) is 5.93. The Morgan fingerprint density at radius 3 is 1.57 bits per heavy atom. The van der Waals surface area contributed by atoms with Gasteiger partial charge in [0.15, 0.2) is 5.54 Å². The van der Waals surface area contributed by atoms with Gasteiger partial charge in [0.25, 0.3) is 11.8 Å². The van der Waals surface area contributed by atoms with E-state index < -0.39 is 5.54 Å². The van der Waals surface area contributed by atoms with Crippen molar-refractivity contribution in [2.45, 2.75) is 45.6 Å². The zero-order chi connectivity index (χ0) is 20.4. The van der Waals surface area contributed by atoms with Crippen LogP contribution in [0.3, 0.4) is 0 Å². The lowest BCUT2D eigenvalue weighted by Crippen LogP contribution is -2.63. The lowest BCUT2D eigenvalue weighted by molar-refractivity contribution is -0.141. The average molecular weight is 382 g/mol. The third-order valence-electron chi connectivity index (χ3n) is 5.01. The zero-order valence-corrected chi connectivity index (χ0v) is 17.1. The van der Waals surface area contributed by atoms with Crippen LogP contribution < -0.4 is 10.6 Å². The number of anilines is 2. The Balaban J connectivity index is 2.43. The van der Waals surface area contributed by atoms with Crippen LogP contribution in [0.15, 0.2) is 60.7 Å². The van der Waals surface area contributed by atoms with Crippen LogP contribution >= 0.6 is 0 Å². The van der Waals surface area contributed by atoms with Gasteiger partial charge in [0.05, 0.1) is 0 Å². The maximum atomic E-state index is 13.5. The Kier molecular flexibility index (Phi) is 8.20. The second-order valence-electron chi connectivity index (χ2n) is 6.78. The van der Waals surface area contributed by atoms with Gasteiger partial charge in [-0.25, -0.2) is 0 Å². The third-order valence-corrected chi connectivity index (χ3v) is 5.01. The molecule has 5 nitrogen and oxygen atoms in total. The molecule has 0 saturated carbocycles. The Labute approximate surface area is 168 Å². The van der Waals surface area contributed by atoms with E-state index in [1.54, 1.807) is 0 Å². The second kappa shape index (κ2) is 10.6. The fourth-order valence-electron chi connectivity index (χ4n) is 3.48. The Hall–Kier alpha value is -2.66. The Morgan fingerprint density at radius 2 is 1.21 bits per heavy atom. The summed E-state index contributed by atoms with van der Waals surface area (Å²) in [5.41, 5.74) is 0.103. The average Bonchev–Trinajstić information content (AvgIpc) is 2.72. The van der Waals surface area contributed by atoms with E-state index in [1.807, 2.05) is 79.4 Å². The van der Waals surface area contributed by atoms with E-state index in [1.165, 1.54) is 0 Å². The molecule has 0 aliphatic rings. The molecule has 0 saturated heterocycles. The van der Waals surface area contributed by atoms with Crippen LogP contribution in [0.1, 0.15) is 40.0 Å². The highest BCUT2D eigenvalue weighted by atomic mass is 16.2. The fraction of sp³-hybridized carbons (Fsp3) is 0.391. The summed E-state index contributed by atoms with van der Waals surface area (Å²) in [6.45, 7) is 7.23. The molecule has 0 aromatic heterocycles. The SMILES string of the molecule is CCCCC(C(=O)Nc1ccccc1)(C(=O)Nc1ccccc1)N(CC)CC. The molecule has 2 rings (SSSR count). The normalized spacial score (nSPS) is 11.3. The van der Waals surface area contributed by atoms with E-state index in [-0.39, 0.29) is 11.8 Å². The van der Waals surface area contributed by atoms with Crippen LogP contribution in [0, 0.1) is 0 Å². The van der Waals surface area contributed by atoms with E-state index in [0.717, 1.165) is 12.8 Å². The molecule has 0 spiro atoms. The maximum Gasteiger partial charge on any atom is 0.254 e. The predicted molar refractivity (Wildman–Crippen MR) is 115 cm³/mol. The summed E-state index contributed by atoms with van der Waals surface area (Å²) < 4.78 is 0. The number of carbonyl (C=O) groups excluding carboxylic acids is 2. The summed E-state index contributed by atoms with van der Waals surface area (Å²) >= 11 is 0. The van der Waals surface area contributed by atoms with Crippen molar-refractivity contribution >= 4 is 23.2 Å². The van der Waals surface area contributed by atoms with E-state index in [0.29, 0.717) is 30.9 Å². The summed E-state index contributed by atoms with van der Waals surface area (Å²) in [5.74, 6) is -0.575. The summed E-state index contributed by atoms with van der Waals surface area (Å²) in [6, 6.07) is 18.6. The molecule has 0 aliphatic carbocycles. The smallest absolute Gasteiger partial charge is 0.254 e. The number of para-hydroxylation sites is 2. The van der Waals surface area contributed by atoms with E-state index in [9.17, 15) is 9.59 Å². The summed E-state index contributed by atoms with van der Waals surface area (Å²) in [7, 11) is 0. The van der Waals surface area contributed by atoms with E-state index in [2.05, 4.69) is 17.6 Å². The van der Waals surface area contributed by atoms with Crippen LogP contribution in [0.5, 0.6) is 0 Å². The van der Waals surface area contributed by atoms with Crippen molar-refractivity contribution in [2.24, 2.45) is 0 Å². The molecule has 0 atom stereocenters. The number of carbonyl (C=O) groups is 2.